The van der Waals surface area contributed by atoms with Crippen molar-refractivity contribution in [3.8, 4) is 5.75 Å². The number of hydrogen-bond acceptors (Lipinski definition) is 4. The molecule has 2 aromatic carbocycles. The summed E-state index contributed by atoms with van der Waals surface area (Å²) in [6, 6.07) is 12.3. The Balaban J connectivity index is 2.28. The molecule has 0 aliphatic rings. The molecule has 0 aliphatic carbocycles. The molecule has 0 aromatic heterocycles. The SMILES string of the molecule is CC(C)(O)CNC(=O)c1ccccc1C(=O)c1ccc(O)cc1. The van der Waals surface area contributed by atoms with Crippen LogP contribution >= 0.6 is 0 Å². The molecule has 5 heteroatoms. The zero-order chi connectivity index (χ0) is 17.0. The molecule has 0 bridgehead atoms. The van der Waals surface area contributed by atoms with Crippen LogP contribution in [0.5, 0.6) is 5.75 Å². The van der Waals surface area contributed by atoms with Crippen molar-refractivity contribution in [2.24, 2.45) is 0 Å². The van der Waals surface area contributed by atoms with E-state index in [0.29, 0.717) is 5.56 Å². The highest BCUT2D eigenvalue weighted by molar-refractivity contribution is 6.15. The van der Waals surface area contributed by atoms with Crippen LogP contribution in [0.2, 0.25) is 0 Å². The van der Waals surface area contributed by atoms with Gasteiger partial charge in [0.25, 0.3) is 5.91 Å². The number of phenols is 1. The summed E-state index contributed by atoms with van der Waals surface area (Å²) in [6.45, 7) is 3.25. The van der Waals surface area contributed by atoms with E-state index in [1.807, 2.05) is 0 Å². The van der Waals surface area contributed by atoms with Crippen LogP contribution in [0.1, 0.15) is 40.1 Å². The lowest BCUT2D eigenvalue weighted by atomic mass is 9.97. The van der Waals surface area contributed by atoms with E-state index >= 15 is 0 Å². The van der Waals surface area contributed by atoms with E-state index in [1.54, 1.807) is 38.1 Å². The number of hydrogen-bond donors (Lipinski definition) is 3. The van der Waals surface area contributed by atoms with Gasteiger partial charge in [-0.15, -0.1) is 0 Å². The molecule has 0 fully saturated rings. The molecule has 120 valence electrons. The molecule has 2 aromatic rings. The minimum absolute atomic E-state index is 0.0674. The second-order valence-corrected chi connectivity index (χ2v) is 5.92. The first-order chi connectivity index (χ1) is 10.8. The predicted octanol–water partition coefficient (Wildman–Crippen LogP) is 2.12. The van der Waals surface area contributed by atoms with Gasteiger partial charge in [-0.05, 0) is 44.2 Å². The molecule has 1 amide bonds. The van der Waals surface area contributed by atoms with Gasteiger partial charge in [0.1, 0.15) is 5.75 Å². The summed E-state index contributed by atoms with van der Waals surface area (Å²) in [4.78, 5) is 24.9. The molecular weight excluding hydrogens is 294 g/mol. The summed E-state index contributed by atoms with van der Waals surface area (Å²) in [5, 5.41) is 21.6. The fraction of sp³-hybridized carbons (Fsp3) is 0.222. The fourth-order valence-corrected chi connectivity index (χ4v) is 2.04. The molecule has 0 aliphatic heterocycles. The van der Waals surface area contributed by atoms with Crippen LogP contribution < -0.4 is 5.32 Å². The number of aliphatic hydroxyl groups is 1. The number of amides is 1. The number of nitrogens with one attached hydrogen (secondary N) is 1. The number of phenolic OH excluding ortho intramolecular Hbond substituents is 1. The van der Waals surface area contributed by atoms with Crippen LogP contribution in [0.25, 0.3) is 0 Å². The van der Waals surface area contributed by atoms with Crippen LogP contribution in [0.3, 0.4) is 0 Å². The van der Waals surface area contributed by atoms with E-state index in [-0.39, 0.29) is 29.2 Å². The van der Waals surface area contributed by atoms with Crippen molar-refractivity contribution < 1.29 is 19.8 Å². The smallest absolute Gasteiger partial charge is 0.252 e. The van der Waals surface area contributed by atoms with Gasteiger partial charge in [-0.1, -0.05) is 18.2 Å². The van der Waals surface area contributed by atoms with Crippen LogP contribution in [0.15, 0.2) is 48.5 Å². The molecule has 2 rings (SSSR count). The van der Waals surface area contributed by atoms with Crippen molar-refractivity contribution in [2.75, 3.05) is 6.54 Å². The van der Waals surface area contributed by atoms with Crippen molar-refractivity contribution >= 4 is 11.7 Å². The Kier molecular flexibility index (Phi) is 4.81. The topological polar surface area (TPSA) is 86.6 Å². The van der Waals surface area contributed by atoms with E-state index < -0.39 is 11.5 Å². The summed E-state index contributed by atoms with van der Waals surface area (Å²) in [7, 11) is 0. The van der Waals surface area contributed by atoms with E-state index in [9.17, 15) is 19.8 Å². The lowest BCUT2D eigenvalue weighted by Gasteiger charge is -2.18. The van der Waals surface area contributed by atoms with Crippen molar-refractivity contribution in [1.82, 2.24) is 5.32 Å². The van der Waals surface area contributed by atoms with Gasteiger partial charge in [-0.3, -0.25) is 9.59 Å². The normalized spacial score (nSPS) is 11.1. The second-order valence-electron chi connectivity index (χ2n) is 5.92. The van der Waals surface area contributed by atoms with Gasteiger partial charge < -0.3 is 15.5 Å². The first-order valence-electron chi connectivity index (χ1n) is 7.21. The molecule has 0 spiro atoms. The average Bonchev–Trinajstić information content (AvgIpc) is 2.52. The van der Waals surface area contributed by atoms with Crippen molar-refractivity contribution in [1.29, 1.82) is 0 Å². The van der Waals surface area contributed by atoms with Gasteiger partial charge in [-0.25, -0.2) is 0 Å². The Morgan fingerprint density at radius 2 is 1.57 bits per heavy atom. The van der Waals surface area contributed by atoms with Gasteiger partial charge in [0.05, 0.1) is 11.2 Å². The number of ketones is 1. The predicted molar refractivity (Wildman–Crippen MR) is 86.6 cm³/mol. The Hall–Kier alpha value is -2.66. The molecule has 0 radical (unpaired) electrons. The number of rotatable bonds is 5. The molecule has 0 heterocycles. The van der Waals surface area contributed by atoms with E-state index in [4.69, 9.17) is 0 Å². The highest BCUT2D eigenvalue weighted by Gasteiger charge is 2.20. The van der Waals surface area contributed by atoms with Crippen LogP contribution in [-0.4, -0.2) is 34.0 Å². The van der Waals surface area contributed by atoms with Gasteiger partial charge >= 0.3 is 0 Å². The molecule has 0 unspecified atom stereocenters. The van der Waals surface area contributed by atoms with E-state index in [0.717, 1.165) is 0 Å². The highest BCUT2D eigenvalue weighted by atomic mass is 16.3. The number of benzene rings is 2. The number of carbonyl (C=O) groups is 2. The van der Waals surface area contributed by atoms with Gasteiger partial charge in [0.15, 0.2) is 5.78 Å². The minimum atomic E-state index is -1.04. The molecule has 0 atom stereocenters. The zero-order valence-electron chi connectivity index (χ0n) is 13.0. The zero-order valence-corrected chi connectivity index (χ0v) is 13.0. The Morgan fingerprint density at radius 1 is 1.00 bits per heavy atom. The fourth-order valence-electron chi connectivity index (χ4n) is 2.04. The maximum absolute atomic E-state index is 12.6. The first-order valence-corrected chi connectivity index (χ1v) is 7.21. The number of aromatic hydroxyl groups is 1. The Morgan fingerprint density at radius 3 is 2.13 bits per heavy atom. The minimum Gasteiger partial charge on any atom is -0.508 e. The molecule has 0 saturated carbocycles. The standard InChI is InChI=1S/C18H19NO4/c1-18(2,23)11-19-17(22)15-6-4-3-5-14(15)16(21)12-7-9-13(20)10-8-12/h3-10,20,23H,11H2,1-2H3,(H,19,22). The second kappa shape index (κ2) is 6.62. The third kappa shape index (κ3) is 4.40. The van der Waals surface area contributed by atoms with E-state index in [2.05, 4.69) is 5.32 Å². The Bertz CT molecular complexity index is 715. The van der Waals surface area contributed by atoms with E-state index in [1.165, 1.54) is 24.3 Å². The summed E-state index contributed by atoms with van der Waals surface area (Å²) >= 11 is 0. The van der Waals surface area contributed by atoms with Gasteiger partial charge in [0.2, 0.25) is 0 Å². The summed E-state index contributed by atoms with van der Waals surface area (Å²) in [5.74, 6) is -0.661. The maximum Gasteiger partial charge on any atom is 0.252 e. The molecular formula is C18H19NO4. The quantitative estimate of drug-likeness (QED) is 0.738. The average molecular weight is 313 g/mol. The monoisotopic (exact) mass is 313 g/mol. The third-order valence-corrected chi connectivity index (χ3v) is 3.23. The lowest BCUT2D eigenvalue weighted by molar-refractivity contribution is 0.0693. The van der Waals surface area contributed by atoms with Crippen LogP contribution in [-0.2, 0) is 0 Å². The molecule has 23 heavy (non-hydrogen) atoms. The van der Waals surface area contributed by atoms with Crippen molar-refractivity contribution in [2.45, 2.75) is 19.4 Å². The van der Waals surface area contributed by atoms with Crippen molar-refractivity contribution in [3.63, 3.8) is 0 Å². The summed E-state index contributed by atoms with van der Waals surface area (Å²) in [6.07, 6.45) is 0. The summed E-state index contributed by atoms with van der Waals surface area (Å²) < 4.78 is 0. The first kappa shape index (κ1) is 16.7. The lowest BCUT2D eigenvalue weighted by Crippen LogP contribution is -2.38. The highest BCUT2D eigenvalue weighted by Crippen LogP contribution is 2.17. The molecule has 5 nitrogen and oxygen atoms in total. The Labute approximate surface area is 134 Å². The van der Waals surface area contributed by atoms with Crippen molar-refractivity contribution in [3.05, 3.63) is 65.2 Å². The van der Waals surface area contributed by atoms with Gasteiger partial charge in [-0.2, -0.15) is 0 Å². The summed E-state index contributed by atoms with van der Waals surface area (Å²) in [5.41, 5.74) is -0.141. The molecule has 3 N–H and O–H groups in total. The number of carbonyl (C=O) groups excluding carboxylic acids is 2. The third-order valence-electron chi connectivity index (χ3n) is 3.23. The van der Waals surface area contributed by atoms with Crippen LogP contribution in [0, 0.1) is 0 Å². The molecule has 0 saturated heterocycles. The van der Waals surface area contributed by atoms with Crippen LogP contribution in [0.4, 0.5) is 0 Å². The van der Waals surface area contributed by atoms with Gasteiger partial charge in [0, 0.05) is 17.7 Å². The maximum atomic E-state index is 12.6. The largest absolute Gasteiger partial charge is 0.508 e.